The van der Waals surface area contributed by atoms with Gasteiger partial charge in [0.15, 0.2) is 0 Å². The van der Waals surface area contributed by atoms with Crippen LogP contribution in [0, 0.1) is 5.82 Å². The van der Waals surface area contributed by atoms with Crippen molar-refractivity contribution in [1.29, 1.82) is 0 Å². The first-order valence-electron chi connectivity index (χ1n) is 7.60. The van der Waals surface area contributed by atoms with E-state index in [0.717, 1.165) is 11.1 Å². The number of hydrogen-bond donors (Lipinski definition) is 0. The Morgan fingerprint density at radius 2 is 1.20 bits per heavy atom. The van der Waals surface area contributed by atoms with Gasteiger partial charge in [-0.25, -0.2) is 4.39 Å². The van der Waals surface area contributed by atoms with E-state index in [2.05, 4.69) is 38.1 Å². The Morgan fingerprint density at radius 3 is 1.65 bits per heavy atom. The summed E-state index contributed by atoms with van der Waals surface area (Å²) < 4.78 is 12.9. The predicted octanol–water partition coefficient (Wildman–Crippen LogP) is 6.18. The second-order valence-electron chi connectivity index (χ2n) is 5.40. The number of halogens is 1. The average Bonchev–Trinajstić information content (AvgIpc) is 2.48. The normalized spacial score (nSPS) is 11.0. The molecule has 2 rings (SSSR count). The minimum absolute atomic E-state index is 0.184. The Labute approximate surface area is 121 Å². The van der Waals surface area contributed by atoms with E-state index < -0.39 is 0 Å². The van der Waals surface area contributed by atoms with E-state index in [9.17, 15) is 4.39 Å². The maximum atomic E-state index is 12.9. The SMILES string of the molecule is CCCC(CCC)c1ccc(-c2ccc(F)cc2)cc1. The Bertz CT molecular complexity index is 504. The first-order valence-corrected chi connectivity index (χ1v) is 7.60. The topological polar surface area (TPSA) is 0 Å². The van der Waals surface area contributed by atoms with Gasteiger partial charge in [0, 0.05) is 0 Å². The van der Waals surface area contributed by atoms with Crippen molar-refractivity contribution < 1.29 is 4.39 Å². The zero-order valence-electron chi connectivity index (χ0n) is 12.4. The smallest absolute Gasteiger partial charge is 0.123 e. The maximum Gasteiger partial charge on any atom is 0.123 e. The highest BCUT2D eigenvalue weighted by molar-refractivity contribution is 5.63. The molecule has 0 aliphatic heterocycles. The Kier molecular flexibility index (Phi) is 5.34. The number of benzene rings is 2. The molecule has 2 aromatic carbocycles. The number of rotatable bonds is 6. The molecule has 0 spiro atoms. The van der Waals surface area contributed by atoms with Crippen LogP contribution in [0.2, 0.25) is 0 Å². The molecule has 0 radical (unpaired) electrons. The van der Waals surface area contributed by atoms with Gasteiger partial charge in [0.05, 0.1) is 0 Å². The highest BCUT2D eigenvalue weighted by Crippen LogP contribution is 2.28. The summed E-state index contributed by atoms with van der Waals surface area (Å²) in [5, 5.41) is 0. The lowest BCUT2D eigenvalue weighted by atomic mass is 9.89. The molecule has 0 aliphatic carbocycles. The molecule has 0 N–H and O–H groups in total. The molecule has 0 bridgehead atoms. The first kappa shape index (κ1) is 14.8. The molecule has 20 heavy (non-hydrogen) atoms. The van der Waals surface area contributed by atoms with Crippen LogP contribution < -0.4 is 0 Å². The Balaban J connectivity index is 2.18. The van der Waals surface area contributed by atoms with Crippen LogP contribution in [0.15, 0.2) is 48.5 Å². The van der Waals surface area contributed by atoms with Gasteiger partial charge in [0.25, 0.3) is 0 Å². The van der Waals surface area contributed by atoms with E-state index in [1.165, 1.54) is 43.4 Å². The van der Waals surface area contributed by atoms with E-state index >= 15 is 0 Å². The van der Waals surface area contributed by atoms with Crippen molar-refractivity contribution in [2.45, 2.75) is 45.4 Å². The van der Waals surface area contributed by atoms with Crippen molar-refractivity contribution in [3.63, 3.8) is 0 Å². The van der Waals surface area contributed by atoms with E-state index in [4.69, 9.17) is 0 Å². The fraction of sp³-hybridized carbons (Fsp3) is 0.368. The van der Waals surface area contributed by atoms with Gasteiger partial charge in [0.2, 0.25) is 0 Å². The standard InChI is InChI=1S/C19H23F/c1-3-5-15(6-4-2)16-7-9-17(10-8-16)18-11-13-19(20)14-12-18/h7-15H,3-6H2,1-2H3. The van der Waals surface area contributed by atoms with E-state index in [1.54, 1.807) is 0 Å². The summed E-state index contributed by atoms with van der Waals surface area (Å²) in [5.41, 5.74) is 3.65. The fourth-order valence-electron chi connectivity index (χ4n) is 2.76. The molecular weight excluding hydrogens is 247 g/mol. The Morgan fingerprint density at radius 1 is 0.750 bits per heavy atom. The largest absolute Gasteiger partial charge is 0.207 e. The van der Waals surface area contributed by atoms with Crippen LogP contribution in [0.25, 0.3) is 11.1 Å². The van der Waals surface area contributed by atoms with Crippen LogP contribution in [0.1, 0.15) is 51.0 Å². The second kappa shape index (κ2) is 7.23. The zero-order valence-corrected chi connectivity index (χ0v) is 12.4. The van der Waals surface area contributed by atoms with Crippen LogP contribution in [0.5, 0.6) is 0 Å². The highest BCUT2D eigenvalue weighted by atomic mass is 19.1. The molecule has 0 saturated carbocycles. The third-order valence-corrected chi connectivity index (χ3v) is 3.83. The molecule has 2 aromatic rings. The summed E-state index contributed by atoms with van der Waals surface area (Å²) in [4.78, 5) is 0. The van der Waals surface area contributed by atoms with Gasteiger partial charge in [-0.05, 0) is 47.6 Å². The minimum Gasteiger partial charge on any atom is -0.207 e. The van der Waals surface area contributed by atoms with Gasteiger partial charge < -0.3 is 0 Å². The van der Waals surface area contributed by atoms with Gasteiger partial charge in [0.1, 0.15) is 5.82 Å². The van der Waals surface area contributed by atoms with Crippen LogP contribution in [0.3, 0.4) is 0 Å². The van der Waals surface area contributed by atoms with Crippen molar-refractivity contribution in [2.75, 3.05) is 0 Å². The molecule has 0 heterocycles. The molecule has 0 unspecified atom stereocenters. The zero-order chi connectivity index (χ0) is 14.4. The summed E-state index contributed by atoms with van der Waals surface area (Å²) in [6.45, 7) is 4.49. The highest BCUT2D eigenvalue weighted by Gasteiger charge is 2.09. The fourth-order valence-corrected chi connectivity index (χ4v) is 2.76. The monoisotopic (exact) mass is 270 g/mol. The van der Waals surface area contributed by atoms with Gasteiger partial charge in [-0.2, -0.15) is 0 Å². The van der Waals surface area contributed by atoms with Crippen molar-refractivity contribution in [2.24, 2.45) is 0 Å². The molecule has 1 heteroatoms. The third-order valence-electron chi connectivity index (χ3n) is 3.83. The molecule has 0 aliphatic rings. The quantitative estimate of drug-likeness (QED) is 0.588. The lowest BCUT2D eigenvalue weighted by Gasteiger charge is -2.16. The maximum absolute atomic E-state index is 12.9. The van der Waals surface area contributed by atoms with Crippen LogP contribution in [0.4, 0.5) is 4.39 Å². The van der Waals surface area contributed by atoms with Crippen molar-refractivity contribution in [3.8, 4) is 11.1 Å². The Hall–Kier alpha value is -1.63. The van der Waals surface area contributed by atoms with Gasteiger partial charge in [-0.3, -0.25) is 0 Å². The van der Waals surface area contributed by atoms with Gasteiger partial charge in [-0.1, -0.05) is 63.1 Å². The third kappa shape index (κ3) is 3.69. The average molecular weight is 270 g/mol. The molecule has 0 atom stereocenters. The molecular formula is C19H23F. The van der Waals surface area contributed by atoms with Gasteiger partial charge >= 0.3 is 0 Å². The van der Waals surface area contributed by atoms with E-state index in [0.29, 0.717) is 5.92 Å². The predicted molar refractivity (Wildman–Crippen MR) is 84.4 cm³/mol. The van der Waals surface area contributed by atoms with Gasteiger partial charge in [-0.15, -0.1) is 0 Å². The lowest BCUT2D eigenvalue weighted by Crippen LogP contribution is -1.98. The van der Waals surface area contributed by atoms with Crippen LogP contribution in [-0.4, -0.2) is 0 Å². The number of hydrogen-bond acceptors (Lipinski definition) is 0. The minimum atomic E-state index is -0.184. The summed E-state index contributed by atoms with van der Waals surface area (Å²) in [6.07, 6.45) is 4.96. The lowest BCUT2D eigenvalue weighted by molar-refractivity contribution is 0.561. The molecule has 0 saturated heterocycles. The molecule has 0 aromatic heterocycles. The molecule has 0 nitrogen and oxygen atoms in total. The van der Waals surface area contributed by atoms with E-state index in [1.807, 2.05) is 12.1 Å². The summed E-state index contributed by atoms with van der Waals surface area (Å²) in [7, 11) is 0. The first-order chi connectivity index (χ1) is 9.74. The van der Waals surface area contributed by atoms with Crippen LogP contribution in [-0.2, 0) is 0 Å². The van der Waals surface area contributed by atoms with Crippen molar-refractivity contribution in [3.05, 3.63) is 59.9 Å². The van der Waals surface area contributed by atoms with E-state index in [-0.39, 0.29) is 5.82 Å². The summed E-state index contributed by atoms with van der Waals surface area (Å²) in [6, 6.07) is 15.5. The van der Waals surface area contributed by atoms with Crippen molar-refractivity contribution in [1.82, 2.24) is 0 Å². The van der Waals surface area contributed by atoms with Crippen LogP contribution >= 0.6 is 0 Å². The molecule has 106 valence electrons. The molecule has 0 amide bonds. The van der Waals surface area contributed by atoms with Crippen molar-refractivity contribution >= 4 is 0 Å². The summed E-state index contributed by atoms with van der Waals surface area (Å²) >= 11 is 0. The second-order valence-corrected chi connectivity index (χ2v) is 5.40. The summed E-state index contributed by atoms with van der Waals surface area (Å²) in [5.74, 6) is 0.489. The molecule has 0 fully saturated rings.